The highest BCUT2D eigenvalue weighted by Crippen LogP contribution is 2.41. The summed E-state index contributed by atoms with van der Waals surface area (Å²) < 4.78 is 0. The number of likely N-dealkylation sites (tertiary alicyclic amines) is 1. The Kier molecular flexibility index (Phi) is 10.7. The monoisotopic (exact) mass is 379 g/mol. The zero-order valence-electron chi connectivity index (χ0n) is 15.8. The molecule has 2 fully saturated rings. The molecule has 26 heavy (non-hydrogen) atoms. The minimum absolute atomic E-state index is 0. The topological polar surface area (TPSA) is 73.3 Å². The van der Waals surface area contributed by atoms with Crippen molar-refractivity contribution in [3.8, 4) is 6.19 Å². The minimum atomic E-state index is -0.626. The fourth-order valence-corrected chi connectivity index (χ4v) is 4.40. The maximum atomic E-state index is 11.6. The molecule has 1 atom stereocenters. The molecule has 4 nitrogen and oxygen atoms in total. The molecule has 1 aromatic carbocycles. The van der Waals surface area contributed by atoms with Gasteiger partial charge in [-0.2, -0.15) is 5.26 Å². The van der Waals surface area contributed by atoms with E-state index in [4.69, 9.17) is 5.26 Å². The average molecular weight is 380 g/mol. The summed E-state index contributed by atoms with van der Waals surface area (Å²) in [4.78, 5) is 2.56. The predicted octanol–water partition coefficient (Wildman–Crippen LogP) is 4.18. The molecular formula is C21H34ClN3O. The third-order valence-electron chi connectivity index (χ3n) is 5.81. The van der Waals surface area contributed by atoms with E-state index in [0.29, 0.717) is 5.92 Å². The molecule has 1 aromatic rings. The highest BCUT2D eigenvalue weighted by Gasteiger charge is 2.38. The van der Waals surface area contributed by atoms with Gasteiger partial charge in [0, 0.05) is 6.54 Å². The second-order valence-corrected chi connectivity index (χ2v) is 7.41. The normalized spacial score (nSPS) is 20.6. The van der Waals surface area contributed by atoms with Crippen LogP contribution in [0.25, 0.3) is 0 Å². The molecule has 3 rings (SSSR count). The number of nitrogens with two attached hydrogens (primary N) is 1. The lowest BCUT2D eigenvalue weighted by Gasteiger charge is -2.40. The van der Waals surface area contributed by atoms with Gasteiger partial charge in [-0.1, -0.05) is 56.0 Å². The first-order valence-corrected chi connectivity index (χ1v) is 9.80. The van der Waals surface area contributed by atoms with Crippen LogP contribution in [0.2, 0.25) is 0 Å². The van der Waals surface area contributed by atoms with Crippen molar-refractivity contribution in [1.29, 1.82) is 5.26 Å². The van der Waals surface area contributed by atoms with Gasteiger partial charge in [-0.05, 0) is 56.7 Å². The zero-order valence-corrected chi connectivity index (χ0v) is 16.6. The van der Waals surface area contributed by atoms with Crippen LogP contribution < -0.4 is 5.73 Å². The van der Waals surface area contributed by atoms with Gasteiger partial charge in [0.15, 0.2) is 6.19 Å². The van der Waals surface area contributed by atoms with E-state index in [1.807, 2.05) is 0 Å². The van der Waals surface area contributed by atoms with Gasteiger partial charge in [-0.15, -0.1) is 12.4 Å². The van der Waals surface area contributed by atoms with E-state index in [0.717, 1.165) is 18.5 Å². The molecule has 0 aromatic heterocycles. The minimum Gasteiger partial charge on any atom is -0.385 e. The molecule has 0 radical (unpaired) electrons. The van der Waals surface area contributed by atoms with Crippen LogP contribution in [0.5, 0.6) is 0 Å². The zero-order chi connectivity index (χ0) is 18.0. The number of rotatable bonds is 5. The van der Waals surface area contributed by atoms with E-state index in [9.17, 15) is 5.11 Å². The van der Waals surface area contributed by atoms with Crippen molar-refractivity contribution in [2.24, 2.45) is 11.7 Å². The Labute approximate surface area is 164 Å². The number of benzene rings is 1. The van der Waals surface area contributed by atoms with Gasteiger partial charge in [0.05, 0.1) is 5.60 Å². The Bertz CT molecular complexity index is 522. The fourth-order valence-electron chi connectivity index (χ4n) is 4.40. The van der Waals surface area contributed by atoms with Gasteiger partial charge in [0.2, 0.25) is 0 Å². The van der Waals surface area contributed by atoms with Crippen LogP contribution in [0.15, 0.2) is 30.3 Å². The number of hydrogen-bond acceptors (Lipinski definition) is 4. The number of aliphatic hydroxyl groups is 1. The number of hydrogen-bond donors (Lipinski definition) is 2. The van der Waals surface area contributed by atoms with E-state index in [1.54, 1.807) is 0 Å². The molecule has 1 unspecified atom stereocenters. The van der Waals surface area contributed by atoms with Gasteiger partial charge in [-0.3, -0.25) is 0 Å². The molecule has 0 bridgehead atoms. The third-order valence-corrected chi connectivity index (χ3v) is 5.81. The molecule has 1 aliphatic heterocycles. The van der Waals surface area contributed by atoms with Crippen LogP contribution in [0.1, 0.15) is 63.4 Å². The number of nitrogens with zero attached hydrogens (tertiary/aromatic N) is 2. The van der Waals surface area contributed by atoms with E-state index in [2.05, 4.69) is 41.0 Å². The fraction of sp³-hybridized carbons (Fsp3) is 0.667. The molecule has 1 aliphatic carbocycles. The van der Waals surface area contributed by atoms with Crippen LogP contribution in [0.3, 0.4) is 0 Å². The van der Waals surface area contributed by atoms with Crippen LogP contribution in [-0.2, 0) is 5.60 Å². The molecule has 146 valence electrons. The van der Waals surface area contributed by atoms with Crippen molar-refractivity contribution in [3.63, 3.8) is 0 Å². The number of halogens is 1. The van der Waals surface area contributed by atoms with Gasteiger partial charge in [0.1, 0.15) is 0 Å². The van der Waals surface area contributed by atoms with Crippen molar-refractivity contribution in [1.82, 2.24) is 4.90 Å². The van der Waals surface area contributed by atoms with E-state index < -0.39 is 5.60 Å². The van der Waals surface area contributed by atoms with Crippen LogP contribution in [-0.4, -0.2) is 29.6 Å². The third kappa shape index (κ3) is 6.46. The lowest BCUT2D eigenvalue weighted by atomic mass is 9.71. The summed E-state index contributed by atoms with van der Waals surface area (Å²) in [6.45, 7) is 3.48. The van der Waals surface area contributed by atoms with Crippen LogP contribution >= 0.6 is 12.4 Å². The smallest absolute Gasteiger partial charge is 0.173 e. The highest BCUT2D eigenvalue weighted by molar-refractivity contribution is 5.85. The first-order chi connectivity index (χ1) is 12.2. The van der Waals surface area contributed by atoms with E-state index >= 15 is 0 Å². The molecule has 1 saturated carbocycles. The summed E-state index contributed by atoms with van der Waals surface area (Å²) in [5.74, 6) is 0.438. The Morgan fingerprint density at radius 3 is 2.15 bits per heavy atom. The maximum Gasteiger partial charge on any atom is 0.173 e. The largest absolute Gasteiger partial charge is 0.385 e. The first-order valence-electron chi connectivity index (χ1n) is 9.80. The van der Waals surface area contributed by atoms with Crippen molar-refractivity contribution >= 4 is 12.4 Å². The summed E-state index contributed by atoms with van der Waals surface area (Å²) in [5.41, 5.74) is 4.66. The van der Waals surface area contributed by atoms with Crippen LogP contribution in [0.4, 0.5) is 0 Å². The molecule has 2 aliphatic rings. The maximum absolute atomic E-state index is 11.6. The average Bonchev–Trinajstić information content (AvgIpc) is 2.69. The van der Waals surface area contributed by atoms with Gasteiger partial charge < -0.3 is 15.7 Å². The van der Waals surface area contributed by atoms with Crippen molar-refractivity contribution in [2.75, 3.05) is 19.6 Å². The van der Waals surface area contributed by atoms with Gasteiger partial charge in [-0.25, -0.2) is 0 Å². The van der Waals surface area contributed by atoms with Gasteiger partial charge >= 0.3 is 0 Å². The summed E-state index contributed by atoms with van der Waals surface area (Å²) in [6, 6.07) is 10.5. The summed E-state index contributed by atoms with van der Waals surface area (Å²) in [7, 11) is 0. The standard InChI is InChI=1S/C20H31NO.CH2N2.ClH/c22-20(18-10-4-1-5-11-18,19-12-6-2-7-13-19)14-17-21-15-8-3-9-16-21;2-1-3;/h1,4-5,10-11,19,22H,2-3,6-9,12-17H2;2H2;1H. The van der Waals surface area contributed by atoms with Crippen LogP contribution in [0, 0.1) is 17.4 Å². The number of nitriles is 1. The molecule has 5 heteroatoms. The Morgan fingerprint density at radius 1 is 1.04 bits per heavy atom. The summed E-state index contributed by atoms with van der Waals surface area (Å²) in [6.07, 6.45) is 12.4. The van der Waals surface area contributed by atoms with E-state index in [-0.39, 0.29) is 12.4 Å². The van der Waals surface area contributed by atoms with Crippen molar-refractivity contribution in [3.05, 3.63) is 35.9 Å². The Morgan fingerprint density at radius 2 is 1.58 bits per heavy atom. The lowest BCUT2D eigenvalue weighted by molar-refractivity contribution is -0.0528. The quantitative estimate of drug-likeness (QED) is 0.594. The first kappa shape index (κ1) is 22.8. The molecule has 0 amide bonds. The predicted molar refractivity (Wildman–Crippen MR) is 109 cm³/mol. The van der Waals surface area contributed by atoms with Gasteiger partial charge in [0.25, 0.3) is 0 Å². The Balaban J connectivity index is 0.000000791. The molecule has 1 heterocycles. The highest BCUT2D eigenvalue weighted by atomic mass is 35.5. The second-order valence-electron chi connectivity index (χ2n) is 7.41. The Hall–Kier alpha value is -1.28. The molecule has 3 N–H and O–H groups in total. The lowest BCUT2D eigenvalue weighted by Crippen LogP contribution is -2.41. The summed E-state index contributed by atoms with van der Waals surface area (Å²) in [5, 5.41) is 18.7. The van der Waals surface area contributed by atoms with Crippen molar-refractivity contribution in [2.45, 2.75) is 63.4 Å². The van der Waals surface area contributed by atoms with E-state index in [1.165, 1.54) is 70.6 Å². The molecular weight excluding hydrogens is 346 g/mol. The SMILES string of the molecule is Cl.N#CN.OC(CCN1CCCCC1)(c1ccccc1)C1CCCCC1. The van der Waals surface area contributed by atoms with Crippen molar-refractivity contribution < 1.29 is 5.11 Å². The number of piperidine rings is 1. The molecule has 1 saturated heterocycles. The molecule has 0 spiro atoms. The second kappa shape index (κ2) is 12.2. The summed E-state index contributed by atoms with van der Waals surface area (Å²) >= 11 is 0.